The van der Waals surface area contributed by atoms with Crippen LogP contribution in [0.2, 0.25) is 24.2 Å². The lowest BCUT2D eigenvalue weighted by atomic mass is 10.6. The minimum Gasteiger partial charge on any atom is -0.301 e. The first-order valence-corrected chi connectivity index (χ1v) is 11.3. The summed E-state index contributed by atoms with van der Waals surface area (Å²) in [6, 6.07) is 5.85. The van der Waals surface area contributed by atoms with Gasteiger partial charge in [0.05, 0.1) is 0 Å². The van der Waals surface area contributed by atoms with Crippen molar-refractivity contribution in [2.45, 2.75) is 77.6 Å². The molecule has 0 atom stereocenters. The first-order valence-electron chi connectivity index (χ1n) is 6.98. The second kappa shape index (κ2) is 10.9. The van der Waals surface area contributed by atoms with E-state index in [4.69, 9.17) is 4.65 Å². The van der Waals surface area contributed by atoms with E-state index in [1.165, 1.54) is 49.9 Å². The van der Waals surface area contributed by atoms with Crippen LogP contribution < -0.4 is 4.65 Å². The van der Waals surface area contributed by atoms with E-state index in [0.717, 1.165) is 0 Å². The summed E-state index contributed by atoms with van der Waals surface area (Å²) in [6.45, 7) is 9.28. The van der Waals surface area contributed by atoms with Crippen molar-refractivity contribution in [1.29, 1.82) is 0 Å². The van der Waals surface area contributed by atoms with Gasteiger partial charge in [-0.05, 0) is 24.2 Å². The van der Waals surface area contributed by atoms with Crippen molar-refractivity contribution in [3.63, 3.8) is 0 Å². The molecule has 0 fully saturated rings. The summed E-state index contributed by atoms with van der Waals surface area (Å²) < 4.78 is 5.31. The van der Waals surface area contributed by atoms with E-state index in [-0.39, 0.29) is 0 Å². The Kier molecular flexibility index (Phi) is 11.2. The average Bonchev–Trinajstić information content (AvgIpc) is 2.19. The Balaban J connectivity index is 3.93. The van der Waals surface area contributed by atoms with Crippen LogP contribution in [0.15, 0.2) is 0 Å². The zero-order valence-electron chi connectivity index (χ0n) is 11.3. The number of nitrogens with zero attached hydrogens (tertiary/aromatic N) is 1. The zero-order valence-corrected chi connectivity index (χ0v) is 13.6. The van der Waals surface area contributed by atoms with Gasteiger partial charge in [-0.15, -0.1) is 0 Å². The van der Waals surface area contributed by atoms with Crippen molar-refractivity contribution >= 4 is 17.9 Å². The van der Waals surface area contributed by atoms with Crippen LogP contribution in [0.5, 0.6) is 0 Å². The average molecular weight is 245 g/mol. The van der Waals surface area contributed by atoms with Gasteiger partial charge in [-0.2, -0.15) is 0 Å². The number of hydrogen-bond donors (Lipinski definition) is 0. The van der Waals surface area contributed by atoms with Crippen LogP contribution in [0.3, 0.4) is 0 Å². The normalized spacial score (nSPS) is 11.6. The molecule has 0 unspecified atom stereocenters. The van der Waals surface area contributed by atoms with Gasteiger partial charge in [0.25, 0.3) is 0 Å². The van der Waals surface area contributed by atoms with Gasteiger partial charge in [-0.25, -0.2) is 0 Å². The van der Waals surface area contributed by atoms with E-state index >= 15 is 0 Å². The molecule has 0 bridgehead atoms. The smallest absolute Gasteiger partial charge is 0.118 e. The molecular formula is C12H30NSi2. The van der Waals surface area contributed by atoms with Crippen LogP contribution in [-0.2, 0) is 0 Å². The molecule has 0 N–H and O–H groups in total. The van der Waals surface area contributed by atoms with Crippen LogP contribution in [-0.4, -0.2) is 17.9 Å². The van der Waals surface area contributed by atoms with Crippen LogP contribution >= 0.6 is 0 Å². The molecule has 0 aliphatic heterocycles. The molecule has 0 saturated heterocycles. The van der Waals surface area contributed by atoms with Crippen molar-refractivity contribution in [3.05, 3.63) is 0 Å². The highest BCUT2D eigenvalue weighted by Gasteiger charge is 2.16. The maximum absolute atomic E-state index is 5.31. The Morgan fingerprint density at radius 2 is 0.867 bits per heavy atom. The molecule has 0 aromatic rings. The molecular weight excluding hydrogens is 214 g/mol. The lowest BCUT2D eigenvalue weighted by Crippen LogP contribution is -2.38. The van der Waals surface area contributed by atoms with E-state index in [1.807, 2.05) is 0 Å². The lowest BCUT2D eigenvalue weighted by molar-refractivity contribution is 0.951. The van der Waals surface area contributed by atoms with Crippen molar-refractivity contribution in [2.75, 3.05) is 0 Å². The van der Waals surface area contributed by atoms with Crippen LogP contribution in [0, 0.1) is 0 Å². The molecule has 15 heavy (non-hydrogen) atoms. The fraction of sp³-hybridized carbons (Fsp3) is 1.00. The van der Waals surface area contributed by atoms with Crippen LogP contribution in [0.4, 0.5) is 0 Å². The molecule has 0 aliphatic rings. The Hall–Kier alpha value is 0.394. The highest BCUT2D eigenvalue weighted by molar-refractivity contribution is 6.72. The van der Waals surface area contributed by atoms with Crippen LogP contribution in [0.1, 0.15) is 53.4 Å². The van der Waals surface area contributed by atoms with Gasteiger partial charge in [-0.3, -0.25) is 0 Å². The summed E-state index contributed by atoms with van der Waals surface area (Å²) in [5, 5.41) is 0. The fourth-order valence-corrected chi connectivity index (χ4v) is 10.2. The van der Waals surface area contributed by atoms with Crippen molar-refractivity contribution in [1.82, 2.24) is 4.65 Å². The molecule has 0 aromatic heterocycles. The van der Waals surface area contributed by atoms with Gasteiger partial charge in [-0.1, -0.05) is 53.4 Å². The van der Waals surface area contributed by atoms with E-state index in [2.05, 4.69) is 27.7 Å². The number of rotatable bonds is 10. The van der Waals surface area contributed by atoms with Gasteiger partial charge in [0.1, 0.15) is 17.9 Å². The summed E-state index contributed by atoms with van der Waals surface area (Å²) in [4.78, 5) is 0. The minimum absolute atomic E-state index is 0.668. The van der Waals surface area contributed by atoms with E-state index in [0.29, 0.717) is 0 Å². The Morgan fingerprint density at radius 3 is 1.07 bits per heavy atom. The predicted molar refractivity (Wildman–Crippen MR) is 76.8 cm³/mol. The van der Waals surface area contributed by atoms with Crippen molar-refractivity contribution in [2.24, 2.45) is 0 Å². The topological polar surface area (TPSA) is 14.1 Å². The maximum Gasteiger partial charge on any atom is 0.118 e. The first-order chi connectivity index (χ1) is 7.28. The Bertz CT molecular complexity index is 105. The molecule has 0 aromatic carbocycles. The third-order valence-electron chi connectivity index (χ3n) is 2.91. The summed E-state index contributed by atoms with van der Waals surface area (Å²) in [7, 11) is -1.34. The quantitative estimate of drug-likeness (QED) is 0.521. The molecule has 0 rings (SSSR count). The number of hydrogen-bond acceptors (Lipinski definition) is 0. The second-order valence-electron chi connectivity index (χ2n) is 4.61. The Labute approximate surface area is 100 Å². The standard InChI is InChI=1S/C12H30NSi2/c1-5-9-14(10-6-2)13-15(11-7-3)12-8-4/h14-15H,5-12H2,1-4H3. The molecule has 0 amide bonds. The van der Waals surface area contributed by atoms with Crippen molar-refractivity contribution in [3.8, 4) is 0 Å². The van der Waals surface area contributed by atoms with E-state index in [1.54, 1.807) is 0 Å². The highest BCUT2D eigenvalue weighted by Crippen LogP contribution is 2.10. The monoisotopic (exact) mass is 244 g/mol. The summed E-state index contributed by atoms with van der Waals surface area (Å²) in [6.07, 6.45) is 5.44. The van der Waals surface area contributed by atoms with Crippen molar-refractivity contribution < 1.29 is 0 Å². The van der Waals surface area contributed by atoms with Crippen LogP contribution in [0.25, 0.3) is 0 Å². The minimum atomic E-state index is -0.668. The predicted octanol–water partition coefficient (Wildman–Crippen LogP) is 3.68. The van der Waals surface area contributed by atoms with Gasteiger partial charge >= 0.3 is 0 Å². The Morgan fingerprint density at radius 1 is 0.600 bits per heavy atom. The molecule has 0 spiro atoms. The van der Waals surface area contributed by atoms with Gasteiger partial charge in [0, 0.05) is 0 Å². The summed E-state index contributed by atoms with van der Waals surface area (Å²) in [5.74, 6) is 0. The zero-order chi connectivity index (χ0) is 11.5. The van der Waals surface area contributed by atoms with Gasteiger partial charge in [0.15, 0.2) is 0 Å². The fourth-order valence-electron chi connectivity index (χ4n) is 2.22. The molecule has 0 aliphatic carbocycles. The first kappa shape index (κ1) is 15.4. The van der Waals surface area contributed by atoms with Gasteiger partial charge < -0.3 is 4.65 Å². The van der Waals surface area contributed by atoms with E-state index in [9.17, 15) is 0 Å². The molecule has 1 nitrogen and oxygen atoms in total. The second-order valence-corrected chi connectivity index (χ2v) is 10.7. The SMILES string of the molecule is CCC[SiH](CCC)[N][SiH](CCC)CCC. The molecule has 0 saturated carbocycles. The lowest BCUT2D eigenvalue weighted by Gasteiger charge is -2.21. The molecule has 1 radical (unpaired) electrons. The molecule has 3 heteroatoms. The third kappa shape index (κ3) is 8.23. The molecule has 0 heterocycles. The maximum atomic E-state index is 5.31. The third-order valence-corrected chi connectivity index (χ3v) is 11.3. The molecule has 91 valence electrons. The highest BCUT2D eigenvalue weighted by atomic mass is 28.3. The van der Waals surface area contributed by atoms with E-state index < -0.39 is 17.9 Å². The largest absolute Gasteiger partial charge is 0.301 e. The van der Waals surface area contributed by atoms with Gasteiger partial charge in [0.2, 0.25) is 0 Å². The summed E-state index contributed by atoms with van der Waals surface area (Å²) in [5.41, 5.74) is 0. The summed E-state index contributed by atoms with van der Waals surface area (Å²) >= 11 is 0.